The Kier molecular flexibility index (Phi) is 8.37. The number of rotatable bonds is 8. The molecule has 0 saturated heterocycles. The number of nitrogens with one attached hydrogen (secondary N) is 2. The van der Waals surface area contributed by atoms with E-state index in [4.69, 9.17) is 16.2 Å². The van der Waals surface area contributed by atoms with Gasteiger partial charge in [0.05, 0.1) is 6.42 Å². The maximum Gasteiger partial charge on any atom is 0.304 e. The van der Waals surface area contributed by atoms with E-state index in [-0.39, 0.29) is 43.3 Å². The predicted octanol–water partition coefficient (Wildman–Crippen LogP) is 1.36. The third kappa shape index (κ3) is 7.49. The highest BCUT2D eigenvalue weighted by atomic mass is 16.4. The fourth-order valence-corrected chi connectivity index (χ4v) is 1.95. The summed E-state index contributed by atoms with van der Waals surface area (Å²) in [5.74, 6) is 1.03. The average Bonchev–Trinajstić information content (AvgIpc) is 2.60. The number of benzene rings is 1. The summed E-state index contributed by atoms with van der Waals surface area (Å²) in [6.07, 6.45) is 0.0822. The molecule has 0 aliphatic heterocycles. The lowest BCUT2D eigenvalue weighted by Crippen LogP contribution is -2.27. The van der Waals surface area contributed by atoms with Gasteiger partial charge in [0, 0.05) is 43.1 Å². The zero-order chi connectivity index (χ0) is 19.5. The van der Waals surface area contributed by atoms with Crippen LogP contribution in [0.4, 0.5) is 5.69 Å². The molecule has 0 fully saturated rings. The minimum Gasteiger partial charge on any atom is -0.481 e. The van der Waals surface area contributed by atoms with Gasteiger partial charge in [-0.3, -0.25) is 24.7 Å². The molecule has 0 bridgehead atoms. The van der Waals surface area contributed by atoms with Crippen molar-refractivity contribution in [3.63, 3.8) is 0 Å². The van der Waals surface area contributed by atoms with Crippen molar-refractivity contribution < 1.29 is 19.5 Å². The lowest BCUT2D eigenvalue weighted by Gasteiger charge is -2.13. The van der Waals surface area contributed by atoms with E-state index in [0.717, 1.165) is 0 Å². The van der Waals surface area contributed by atoms with E-state index in [1.54, 1.807) is 31.2 Å². The highest BCUT2D eigenvalue weighted by Gasteiger charge is 2.12. The number of nitrogens with two attached hydrogens (primary N) is 1. The van der Waals surface area contributed by atoms with Crippen LogP contribution in [0.1, 0.15) is 38.2 Å². The van der Waals surface area contributed by atoms with Crippen LogP contribution in [0.5, 0.6) is 0 Å². The van der Waals surface area contributed by atoms with Gasteiger partial charge in [-0.05, 0) is 31.2 Å². The van der Waals surface area contributed by atoms with Gasteiger partial charge in [0.1, 0.15) is 5.84 Å². The van der Waals surface area contributed by atoms with Crippen molar-refractivity contribution in [1.29, 1.82) is 5.41 Å². The summed E-state index contributed by atoms with van der Waals surface area (Å²) >= 11 is 0. The molecule has 8 nitrogen and oxygen atoms in total. The van der Waals surface area contributed by atoms with Gasteiger partial charge in [-0.15, -0.1) is 0 Å². The number of carboxylic acids is 1. The normalized spacial score (nSPS) is 9.58. The third-order valence-corrected chi connectivity index (χ3v) is 3.34. The van der Waals surface area contributed by atoms with Crippen LogP contribution < -0.4 is 11.1 Å². The number of hydrogen-bond donors (Lipinski definition) is 4. The number of nitrogen functional groups attached to an aromatic ring is 1. The average molecular weight is 358 g/mol. The Labute approximate surface area is 151 Å². The third-order valence-electron chi connectivity index (χ3n) is 3.34. The molecule has 1 rings (SSSR count). The number of aliphatic carboxylic acids is 1. The number of amides is 2. The van der Waals surface area contributed by atoms with Crippen molar-refractivity contribution in [2.45, 2.75) is 32.6 Å². The van der Waals surface area contributed by atoms with E-state index >= 15 is 0 Å². The largest absolute Gasteiger partial charge is 0.481 e. The van der Waals surface area contributed by atoms with Gasteiger partial charge in [-0.25, -0.2) is 0 Å². The van der Waals surface area contributed by atoms with Crippen LogP contribution in [0.25, 0.3) is 0 Å². The summed E-state index contributed by atoms with van der Waals surface area (Å²) in [4.78, 5) is 35.7. The Balaban J connectivity index is 2.47. The van der Waals surface area contributed by atoms with Crippen LogP contribution in [0.15, 0.2) is 24.3 Å². The molecule has 0 spiro atoms. The second kappa shape index (κ2) is 10.5. The zero-order valence-corrected chi connectivity index (χ0v) is 14.5. The van der Waals surface area contributed by atoms with E-state index in [9.17, 15) is 14.4 Å². The first-order valence-corrected chi connectivity index (χ1v) is 8.08. The quantitative estimate of drug-likeness (QED) is 0.241. The fourth-order valence-electron chi connectivity index (χ4n) is 1.95. The van der Waals surface area contributed by atoms with E-state index in [2.05, 4.69) is 17.3 Å². The van der Waals surface area contributed by atoms with E-state index in [0.29, 0.717) is 17.8 Å². The fraction of sp³-hybridized carbons (Fsp3) is 0.333. The number of nitrogens with zero attached hydrogens (tertiary/aromatic N) is 1. The van der Waals surface area contributed by atoms with Gasteiger partial charge < -0.3 is 16.2 Å². The molecular formula is C18H22N4O4. The molecule has 0 aliphatic carbocycles. The van der Waals surface area contributed by atoms with Gasteiger partial charge in [0.25, 0.3) is 0 Å². The van der Waals surface area contributed by atoms with Crippen LogP contribution in [0, 0.1) is 17.4 Å². The van der Waals surface area contributed by atoms with Gasteiger partial charge >= 0.3 is 5.97 Å². The summed E-state index contributed by atoms with van der Waals surface area (Å²) < 4.78 is 0. The summed E-state index contributed by atoms with van der Waals surface area (Å²) in [6, 6.07) is 9.12. The van der Waals surface area contributed by atoms with Gasteiger partial charge in [0.2, 0.25) is 11.8 Å². The van der Waals surface area contributed by atoms with Crippen molar-refractivity contribution in [2.24, 2.45) is 5.73 Å². The maximum absolute atomic E-state index is 12.1. The number of amidine groups is 1. The van der Waals surface area contributed by atoms with Gasteiger partial charge in [0.15, 0.2) is 0 Å². The molecule has 26 heavy (non-hydrogen) atoms. The Hall–Kier alpha value is -3.34. The van der Waals surface area contributed by atoms with E-state index in [1.807, 2.05) is 0 Å². The van der Waals surface area contributed by atoms with Gasteiger partial charge in [-0.2, -0.15) is 0 Å². The number of hydrogen-bond acceptors (Lipinski definition) is 4. The van der Waals surface area contributed by atoms with Crippen molar-refractivity contribution in [1.82, 2.24) is 4.90 Å². The highest BCUT2D eigenvalue weighted by molar-refractivity contribution is 5.96. The first-order valence-electron chi connectivity index (χ1n) is 8.08. The molecule has 0 aromatic heterocycles. The van der Waals surface area contributed by atoms with Crippen LogP contribution in [-0.2, 0) is 14.4 Å². The van der Waals surface area contributed by atoms with Crippen molar-refractivity contribution >= 4 is 29.3 Å². The molecule has 0 saturated carbocycles. The van der Waals surface area contributed by atoms with Crippen LogP contribution in [0.2, 0.25) is 0 Å². The van der Waals surface area contributed by atoms with Crippen LogP contribution in [0.3, 0.4) is 0 Å². The summed E-state index contributed by atoms with van der Waals surface area (Å²) in [7, 11) is 0. The standard InChI is InChI=1S/C18H22N4O4/c1-2-22(12-4-3-5-17(25)26)16(24)11-10-15(23)21-14-8-6-13(7-9-14)18(19)20/h6-9H,2-3,5,10-11H2,1H3,(H3,19,20)(H,21,23)(H,25,26). The minimum atomic E-state index is -0.943. The molecule has 0 heterocycles. The molecule has 0 atom stereocenters. The van der Waals surface area contributed by atoms with Crippen molar-refractivity contribution in [3.05, 3.63) is 29.8 Å². The summed E-state index contributed by atoms with van der Waals surface area (Å²) in [5, 5.41) is 18.5. The second-order valence-corrected chi connectivity index (χ2v) is 5.36. The molecule has 0 aliphatic rings. The van der Waals surface area contributed by atoms with Crippen molar-refractivity contribution in [3.8, 4) is 12.0 Å². The molecule has 0 radical (unpaired) electrons. The predicted molar refractivity (Wildman–Crippen MR) is 97.4 cm³/mol. The summed E-state index contributed by atoms with van der Waals surface area (Å²) in [6.45, 7) is 2.10. The monoisotopic (exact) mass is 358 g/mol. The van der Waals surface area contributed by atoms with Crippen molar-refractivity contribution in [2.75, 3.05) is 11.9 Å². The Morgan fingerprint density at radius 1 is 1.19 bits per heavy atom. The molecule has 1 aromatic rings. The molecular weight excluding hydrogens is 336 g/mol. The topological polar surface area (TPSA) is 137 Å². The lowest BCUT2D eigenvalue weighted by atomic mass is 10.2. The molecule has 1 aromatic carbocycles. The Morgan fingerprint density at radius 2 is 1.85 bits per heavy atom. The smallest absolute Gasteiger partial charge is 0.304 e. The first kappa shape index (κ1) is 20.7. The zero-order valence-electron chi connectivity index (χ0n) is 14.5. The Bertz CT molecular complexity index is 732. The van der Waals surface area contributed by atoms with Crippen LogP contribution >= 0.6 is 0 Å². The van der Waals surface area contributed by atoms with Gasteiger partial charge in [-0.1, -0.05) is 5.92 Å². The number of carboxylic acid groups (broad SMARTS) is 1. The maximum atomic E-state index is 12.1. The molecule has 5 N–H and O–H groups in total. The van der Waals surface area contributed by atoms with E-state index < -0.39 is 5.97 Å². The second-order valence-electron chi connectivity index (χ2n) is 5.36. The SMILES string of the molecule is CCN(C#CCCC(=O)O)C(=O)CCC(=O)Nc1ccc(C(=N)N)cc1. The number of anilines is 1. The molecule has 8 heteroatoms. The first-order chi connectivity index (χ1) is 12.3. The lowest BCUT2D eigenvalue weighted by molar-refractivity contribution is -0.136. The minimum absolute atomic E-state index is 0.000594. The molecule has 0 unspecified atom stereocenters. The number of carbonyl (C=O) groups excluding carboxylic acids is 2. The molecule has 2 amide bonds. The summed E-state index contributed by atoms with van der Waals surface area (Å²) in [5.41, 5.74) is 6.46. The number of carbonyl (C=O) groups is 3. The van der Waals surface area contributed by atoms with E-state index in [1.165, 1.54) is 4.90 Å². The highest BCUT2D eigenvalue weighted by Crippen LogP contribution is 2.10. The van der Waals surface area contributed by atoms with Crippen LogP contribution in [-0.4, -0.2) is 40.2 Å². The molecule has 138 valence electrons. The Morgan fingerprint density at radius 3 is 2.38 bits per heavy atom.